The van der Waals surface area contributed by atoms with Crippen LogP contribution in [0.5, 0.6) is 0 Å². The Kier molecular flexibility index (Phi) is 5.09. The summed E-state index contributed by atoms with van der Waals surface area (Å²) in [6.45, 7) is 3.07. The molecule has 0 aromatic heterocycles. The standard InChI is InChI=1S/C24H30O6/c1-3-14-9-5-7-11-16(14)19-21(27)23(29)20(17-12-8-6-10-15(17)4-2)22(28,18(26)13-25)24(19,23)30/h5-12,18-21,25-30H,3-4,13H2,1-2H3/t18-,19?,20?,21?,22+,23+,24+/m1/s1. The Balaban J connectivity index is 1.90. The first-order chi connectivity index (χ1) is 14.2. The number of hydrogen-bond acceptors (Lipinski definition) is 6. The molecule has 0 heterocycles. The highest BCUT2D eigenvalue weighted by Crippen LogP contribution is 2.75. The van der Waals surface area contributed by atoms with Crippen LogP contribution in [0.4, 0.5) is 0 Å². The number of aliphatic hydroxyl groups excluding tert-OH is 3. The molecule has 2 fully saturated rings. The molecule has 2 saturated carbocycles. The second-order valence-corrected chi connectivity index (χ2v) is 8.58. The van der Waals surface area contributed by atoms with E-state index in [1.54, 1.807) is 24.3 Å². The third-order valence-corrected chi connectivity index (χ3v) is 7.52. The van der Waals surface area contributed by atoms with Gasteiger partial charge in [0.15, 0.2) is 0 Å². The Bertz CT molecular complexity index is 945. The van der Waals surface area contributed by atoms with Crippen LogP contribution in [-0.4, -0.2) is 66.3 Å². The van der Waals surface area contributed by atoms with Gasteiger partial charge < -0.3 is 30.6 Å². The van der Waals surface area contributed by atoms with E-state index in [1.165, 1.54) is 0 Å². The van der Waals surface area contributed by atoms with Crippen molar-refractivity contribution in [3.63, 3.8) is 0 Å². The normalized spacial score (nSPS) is 38.3. The van der Waals surface area contributed by atoms with E-state index in [0.717, 1.165) is 11.1 Å². The topological polar surface area (TPSA) is 121 Å². The fourth-order valence-electron chi connectivity index (χ4n) is 6.05. The monoisotopic (exact) mass is 414 g/mol. The molecule has 0 spiro atoms. The highest BCUT2D eigenvalue weighted by molar-refractivity contribution is 5.57. The molecule has 2 aromatic rings. The molecule has 2 aromatic carbocycles. The third kappa shape index (κ3) is 2.24. The smallest absolute Gasteiger partial charge is 0.138 e. The number of aryl methyl sites for hydroxylation is 2. The number of benzene rings is 2. The number of hydrogen-bond donors (Lipinski definition) is 6. The van der Waals surface area contributed by atoms with E-state index in [1.807, 2.05) is 38.1 Å². The SMILES string of the molecule is CCc1ccccc1C1C(O)[C@@]2(O)C(c3ccccc3CC)[C@@](O)([C@H](O)CO)[C@@]12O. The first-order valence-electron chi connectivity index (χ1n) is 10.5. The highest BCUT2D eigenvalue weighted by atomic mass is 16.5. The maximum Gasteiger partial charge on any atom is 0.138 e. The summed E-state index contributed by atoms with van der Waals surface area (Å²) < 4.78 is 0. The lowest BCUT2D eigenvalue weighted by Gasteiger charge is -2.80. The molecule has 2 aliphatic rings. The maximum absolute atomic E-state index is 11.7. The van der Waals surface area contributed by atoms with Crippen molar-refractivity contribution in [3.05, 3.63) is 70.8 Å². The molecule has 2 aliphatic carbocycles. The van der Waals surface area contributed by atoms with Crippen LogP contribution in [0.1, 0.15) is 47.9 Å². The van der Waals surface area contributed by atoms with Gasteiger partial charge in [-0.05, 0) is 35.1 Å². The average molecular weight is 414 g/mol. The second kappa shape index (κ2) is 7.12. The van der Waals surface area contributed by atoms with Gasteiger partial charge >= 0.3 is 0 Å². The number of rotatable bonds is 6. The van der Waals surface area contributed by atoms with Gasteiger partial charge in [-0.1, -0.05) is 62.4 Å². The first kappa shape index (κ1) is 21.4. The molecule has 0 bridgehead atoms. The van der Waals surface area contributed by atoms with E-state index in [9.17, 15) is 30.6 Å². The Hall–Kier alpha value is -1.80. The van der Waals surface area contributed by atoms with Gasteiger partial charge in [0.05, 0.1) is 18.6 Å². The van der Waals surface area contributed by atoms with Crippen LogP contribution in [0, 0.1) is 0 Å². The zero-order chi connectivity index (χ0) is 21.9. The predicted molar refractivity (Wildman–Crippen MR) is 111 cm³/mol. The minimum absolute atomic E-state index is 0.545. The van der Waals surface area contributed by atoms with Crippen molar-refractivity contribution in [2.24, 2.45) is 0 Å². The summed E-state index contributed by atoms with van der Waals surface area (Å²) in [7, 11) is 0. The molecule has 6 nitrogen and oxygen atoms in total. The molecule has 3 unspecified atom stereocenters. The minimum Gasteiger partial charge on any atom is -0.394 e. The van der Waals surface area contributed by atoms with Crippen LogP contribution in [0.15, 0.2) is 48.5 Å². The van der Waals surface area contributed by atoms with Crippen LogP contribution in [0.2, 0.25) is 0 Å². The van der Waals surface area contributed by atoms with Crippen molar-refractivity contribution in [2.45, 2.75) is 67.5 Å². The molecular formula is C24H30O6. The van der Waals surface area contributed by atoms with Crippen LogP contribution in [0.3, 0.4) is 0 Å². The Morgan fingerprint density at radius 3 is 1.90 bits per heavy atom. The minimum atomic E-state index is -2.24. The summed E-state index contributed by atoms with van der Waals surface area (Å²) in [5.74, 6) is -2.16. The molecule has 6 heteroatoms. The summed E-state index contributed by atoms with van der Waals surface area (Å²) in [6, 6.07) is 14.4. The molecular weight excluding hydrogens is 384 g/mol. The van der Waals surface area contributed by atoms with Gasteiger partial charge in [0.2, 0.25) is 0 Å². The average Bonchev–Trinajstić information content (AvgIpc) is 2.78. The van der Waals surface area contributed by atoms with Gasteiger partial charge in [-0.15, -0.1) is 0 Å². The van der Waals surface area contributed by atoms with Gasteiger partial charge in [0, 0.05) is 5.92 Å². The summed E-state index contributed by atoms with van der Waals surface area (Å²) >= 11 is 0. The lowest BCUT2D eigenvalue weighted by atomic mass is 9.30. The van der Waals surface area contributed by atoms with E-state index in [2.05, 4.69) is 0 Å². The fraction of sp³-hybridized carbons (Fsp3) is 0.500. The second-order valence-electron chi connectivity index (χ2n) is 8.58. The van der Waals surface area contributed by atoms with E-state index < -0.39 is 47.5 Å². The number of aliphatic hydroxyl groups is 6. The predicted octanol–water partition coefficient (Wildman–Crippen LogP) is 0.613. The van der Waals surface area contributed by atoms with Gasteiger partial charge in [-0.25, -0.2) is 0 Å². The largest absolute Gasteiger partial charge is 0.394 e. The van der Waals surface area contributed by atoms with Gasteiger partial charge in [-0.3, -0.25) is 0 Å². The van der Waals surface area contributed by atoms with Crippen LogP contribution < -0.4 is 0 Å². The van der Waals surface area contributed by atoms with E-state index in [0.29, 0.717) is 24.0 Å². The van der Waals surface area contributed by atoms with Gasteiger partial charge in [0.1, 0.15) is 22.9 Å². The quantitative estimate of drug-likeness (QED) is 0.412. The molecule has 6 N–H and O–H groups in total. The molecule has 162 valence electrons. The molecule has 0 saturated heterocycles. The zero-order valence-corrected chi connectivity index (χ0v) is 17.2. The molecule has 0 aliphatic heterocycles. The van der Waals surface area contributed by atoms with Crippen molar-refractivity contribution in [1.29, 1.82) is 0 Å². The third-order valence-electron chi connectivity index (χ3n) is 7.52. The maximum atomic E-state index is 11.7. The highest BCUT2D eigenvalue weighted by Gasteiger charge is 2.93. The molecule has 0 amide bonds. The molecule has 0 radical (unpaired) electrons. The summed E-state index contributed by atoms with van der Waals surface area (Å²) in [4.78, 5) is 0. The summed E-state index contributed by atoms with van der Waals surface area (Å²) in [6.07, 6.45) is -1.82. The zero-order valence-electron chi connectivity index (χ0n) is 17.2. The van der Waals surface area contributed by atoms with Crippen molar-refractivity contribution in [3.8, 4) is 0 Å². The van der Waals surface area contributed by atoms with Crippen molar-refractivity contribution in [1.82, 2.24) is 0 Å². The van der Waals surface area contributed by atoms with Crippen molar-refractivity contribution in [2.75, 3.05) is 6.61 Å². The Morgan fingerprint density at radius 2 is 1.37 bits per heavy atom. The summed E-state index contributed by atoms with van der Waals surface area (Å²) in [5.41, 5.74) is -3.67. The molecule has 30 heavy (non-hydrogen) atoms. The van der Waals surface area contributed by atoms with Crippen molar-refractivity contribution >= 4 is 0 Å². The fourth-order valence-corrected chi connectivity index (χ4v) is 6.05. The lowest BCUT2D eigenvalue weighted by Crippen LogP contribution is -2.99. The number of fused-ring (bicyclic) bond motifs is 1. The summed E-state index contributed by atoms with van der Waals surface area (Å²) in [5, 5.41) is 66.5. The van der Waals surface area contributed by atoms with Crippen molar-refractivity contribution < 1.29 is 30.6 Å². The first-order valence-corrected chi connectivity index (χ1v) is 10.5. The van der Waals surface area contributed by atoms with E-state index >= 15 is 0 Å². The molecule has 7 atom stereocenters. The molecule has 4 rings (SSSR count). The van der Waals surface area contributed by atoms with E-state index in [4.69, 9.17) is 0 Å². The Morgan fingerprint density at radius 1 is 0.867 bits per heavy atom. The van der Waals surface area contributed by atoms with Gasteiger partial charge in [-0.2, -0.15) is 0 Å². The van der Waals surface area contributed by atoms with Crippen LogP contribution in [-0.2, 0) is 12.8 Å². The lowest BCUT2D eigenvalue weighted by molar-refractivity contribution is -0.459. The van der Waals surface area contributed by atoms with E-state index in [-0.39, 0.29) is 0 Å². The van der Waals surface area contributed by atoms with Gasteiger partial charge in [0.25, 0.3) is 0 Å². The Labute approximate surface area is 176 Å². The van der Waals surface area contributed by atoms with Crippen LogP contribution >= 0.6 is 0 Å². The van der Waals surface area contributed by atoms with Crippen LogP contribution in [0.25, 0.3) is 0 Å².